The molecule has 0 radical (unpaired) electrons. The average Bonchev–Trinajstić information content (AvgIpc) is 3.33. The molecule has 1 aromatic carbocycles. The first-order valence-electron chi connectivity index (χ1n) is 9.08. The summed E-state index contributed by atoms with van der Waals surface area (Å²) in [4.78, 5) is 16.5. The van der Waals surface area contributed by atoms with E-state index in [1.165, 1.54) is 23.3 Å². The molecule has 0 saturated heterocycles. The number of anilines is 1. The lowest BCUT2D eigenvalue weighted by Gasteiger charge is -2.35. The van der Waals surface area contributed by atoms with Crippen LogP contribution in [-0.2, 0) is 11.2 Å². The van der Waals surface area contributed by atoms with Gasteiger partial charge >= 0.3 is 0 Å². The van der Waals surface area contributed by atoms with Gasteiger partial charge in [-0.15, -0.1) is 11.3 Å². The van der Waals surface area contributed by atoms with Gasteiger partial charge in [-0.3, -0.25) is 9.69 Å². The molecule has 0 bridgehead atoms. The molecule has 132 valence electrons. The molecule has 1 fully saturated rings. The zero-order valence-corrected chi connectivity index (χ0v) is 15.3. The van der Waals surface area contributed by atoms with E-state index in [-0.39, 0.29) is 5.91 Å². The van der Waals surface area contributed by atoms with Crippen LogP contribution in [0.25, 0.3) is 0 Å². The maximum Gasteiger partial charge on any atom is 0.238 e. The number of nitrogens with zero attached hydrogens (tertiary/aromatic N) is 1. The number of benzene rings is 1. The van der Waals surface area contributed by atoms with Crippen LogP contribution in [0.1, 0.15) is 36.2 Å². The van der Waals surface area contributed by atoms with Gasteiger partial charge < -0.3 is 10.1 Å². The van der Waals surface area contributed by atoms with Crippen molar-refractivity contribution < 1.29 is 9.53 Å². The van der Waals surface area contributed by atoms with Gasteiger partial charge in [0.2, 0.25) is 5.91 Å². The van der Waals surface area contributed by atoms with Gasteiger partial charge in [0.1, 0.15) is 5.75 Å². The molecule has 0 unspecified atom stereocenters. The molecule has 4 rings (SSSR count). The molecule has 1 aliphatic carbocycles. The third kappa shape index (κ3) is 3.58. The normalized spacial score (nSPS) is 20.1. The number of carbonyl (C=O) groups is 1. The maximum atomic E-state index is 12.7. The molecule has 1 saturated carbocycles. The standard InChI is InChI=1S/C20H24N2O2S/c1-2-24-17-6-4-3-5-16(17)21-19(23)13-22-11-9-18-15(10-12-25-18)20(22)14-7-8-14/h3-6,10,12,14,20H,2,7-9,11,13H2,1H3,(H,21,23)/t20-/m1/s1. The molecule has 2 aliphatic rings. The highest BCUT2D eigenvalue weighted by Gasteiger charge is 2.40. The Bertz CT molecular complexity index is 754. The third-order valence-electron chi connectivity index (χ3n) is 4.99. The van der Waals surface area contributed by atoms with Gasteiger partial charge in [0.15, 0.2) is 0 Å². The quantitative estimate of drug-likeness (QED) is 0.847. The number of carbonyl (C=O) groups excluding carboxylic acids is 1. The van der Waals surface area contributed by atoms with Crippen molar-refractivity contribution in [2.24, 2.45) is 5.92 Å². The Balaban J connectivity index is 1.46. The highest BCUT2D eigenvalue weighted by molar-refractivity contribution is 7.10. The van der Waals surface area contributed by atoms with Crippen LogP contribution < -0.4 is 10.1 Å². The summed E-state index contributed by atoms with van der Waals surface area (Å²) in [6.45, 7) is 3.95. The number of para-hydroxylation sites is 2. The second kappa shape index (κ2) is 7.18. The number of ether oxygens (including phenoxy) is 1. The van der Waals surface area contributed by atoms with E-state index in [0.29, 0.717) is 19.2 Å². The minimum absolute atomic E-state index is 0.0384. The van der Waals surface area contributed by atoms with Crippen LogP contribution in [0, 0.1) is 5.92 Å². The molecule has 1 amide bonds. The van der Waals surface area contributed by atoms with E-state index in [9.17, 15) is 4.79 Å². The van der Waals surface area contributed by atoms with E-state index >= 15 is 0 Å². The van der Waals surface area contributed by atoms with Crippen LogP contribution in [-0.4, -0.2) is 30.5 Å². The Labute approximate surface area is 152 Å². The maximum absolute atomic E-state index is 12.7. The van der Waals surface area contributed by atoms with Crippen molar-refractivity contribution in [3.63, 3.8) is 0 Å². The smallest absolute Gasteiger partial charge is 0.238 e. The monoisotopic (exact) mass is 356 g/mol. The molecular weight excluding hydrogens is 332 g/mol. The molecule has 1 aromatic heterocycles. The summed E-state index contributed by atoms with van der Waals surface area (Å²) in [6.07, 6.45) is 3.62. The summed E-state index contributed by atoms with van der Waals surface area (Å²) in [7, 11) is 0. The Kier molecular flexibility index (Phi) is 4.77. The van der Waals surface area contributed by atoms with Crippen LogP contribution in [0.4, 0.5) is 5.69 Å². The van der Waals surface area contributed by atoms with Crippen molar-refractivity contribution in [1.82, 2.24) is 4.90 Å². The number of fused-ring (bicyclic) bond motifs is 1. The number of nitrogens with one attached hydrogen (secondary N) is 1. The molecule has 5 heteroatoms. The van der Waals surface area contributed by atoms with Crippen molar-refractivity contribution in [1.29, 1.82) is 0 Å². The predicted octanol–water partition coefficient (Wildman–Crippen LogP) is 4.09. The number of amides is 1. The van der Waals surface area contributed by atoms with E-state index in [0.717, 1.165) is 30.3 Å². The summed E-state index contributed by atoms with van der Waals surface area (Å²) in [5, 5.41) is 5.23. The zero-order chi connectivity index (χ0) is 17.2. The molecule has 1 atom stereocenters. The number of hydrogen-bond acceptors (Lipinski definition) is 4. The van der Waals surface area contributed by atoms with E-state index in [1.54, 1.807) is 0 Å². The van der Waals surface area contributed by atoms with Gasteiger partial charge in [0, 0.05) is 17.5 Å². The molecule has 2 aromatic rings. The minimum atomic E-state index is 0.0384. The van der Waals surface area contributed by atoms with Crippen molar-refractivity contribution in [2.75, 3.05) is 25.0 Å². The predicted molar refractivity (Wildman–Crippen MR) is 101 cm³/mol. The fourth-order valence-corrected chi connectivity index (χ4v) is 4.68. The summed E-state index contributed by atoms with van der Waals surface area (Å²) >= 11 is 1.86. The Morgan fingerprint density at radius 2 is 2.16 bits per heavy atom. The van der Waals surface area contributed by atoms with Crippen LogP contribution in [0.2, 0.25) is 0 Å². The van der Waals surface area contributed by atoms with Crippen molar-refractivity contribution in [2.45, 2.75) is 32.2 Å². The Hall–Kier alpha value is -1.85. The van der Waals surface area contributed by atoms with Gasteiger partial charge in [0.25, 0.3) is 0 Å². The van der Waals surface area contributed by atoms with Gasteiger partial charge in [-0.2, -0.15) is 0 Å². The van der Waals surface area contributed by atoms with Crippen LogP contribution in [0.3, 0.4) is 0 Å². The third-order valence-corrected chi connectivity index (χ3v) is 5.99. The highest BCUT2D eigenvalue weighted by Crippen LogP contribution is 2.48. The molecule has 1 aliphatic heterocycles. The van der Waals surface area contributed by atoms with E-state index in [2.05, 4.69) is 21.7 Å². The highest BCUT2D eigenvalue weighted by atomic mass is 32.1. The fraction of sp³-hybridized carbons (Fsp3) is 0.450. The molecule has 4 nitrogen and oxygen atoms in total. The van der Waals surface area contributed by atoms with Gasteiger partial charge in [-0.25, -0.2) is 0 Å². The topological polar surface area (TPSA) is 41.6 Å². The lowest BCUT2D eigenvalue weighted by molar-refractivity contribution is -0.118. The molecule has 25 heavy (non-hydrogen) atoms. The SMILES string of the molecule is CCOc1ccccc1NC(=O)CN1CCc2sccc2[C@H]1C1CC1. The zero-order valence-electron chi connectivity index (χ0n) is 14.5. The van der Waals surface area contributed by atoms with Crippen LogP contribution in [0.15, 0.2) is 35.7 Å². The second-order valence-corrected chi connectivity index (χ2v) is 7.78. The van der Waals surface area contributed by atoms with Crippen molar-refractivity contribution in [3.05, 3.63) is 46.2 Å². The molecule has 0 spiro atoms. The molecule has 2 heterocycles. The first-order valence-corrected chi connectivity index (χ1v) is 9.96. The first-order chi connectivity index (χ1) is 12.3. The summed E-state index contributed by atoms with van der Waals surface area (Å²) in [5.41, 5.74) is 2.21. The van der Waals surface area contributed by atoms with E-state index < -0.39 is 0 Å². The van der Waals surface area contributed by atoms with Crippen molar-refractivity contribution in [3.8, 4) is 5.75 Å². The van der Waals surface area contributed by atoms with Gasteiger partial charge in [0.05, 0.1) is 18.8 Å². The van der Waals surface area contributed by atoms with Gasteiger partial charge in [-0.1, -0.05) is 12.1 Å². The lowest BCUT2D eigenvalue weighted by Crippen LogP contribution is -2.41. The van der Waals surface area contributed by atoms with Gasteiger partial charge in [-0.05, 0) is 61.2 Å². The first kappa shape index (κ1) is 16.6. The van der Waals surface area contributed by atoms with Crippen molar-refractivity contribution >= 4 is 22.9 Å². The summed E-state index contributed by atoms with van der Waals surface area (Å²) in [6, 6.07) is 10.3. The summed E-state index contributed by atoms with van der Waals surface area (Å²) in [5.74, 6) is 1.49. The summed E-state index contributed by atoms with van der Waals surface area (Å²) < 4.78 is 5.61. The second-order valence-electron chi connectivity index (χ2n) is 6.78. The van der Waals surface area contributed by atoms with Crippen LogP contribution in [0.5, 0.6) is 5.75 Å². The fourth-order valence-electron chi connectivity index (χ4n) is 3.77. The lowest BCUT2D eigenvalue weighted by atomic mass is 9.96. The Morgan fingerprint density at radius 3 is 2.96 bits per heavy atom. The largest absolute Gasteiger partial charge is 0.492 e. The number of thiophene rings is 1. The molecule has 1 N–H and O–H groups in total. The van der Waals surface area contributed by atoms with E-state index in [4.69, 9.17) is 4.74 Å². The average molecular weight is 356 g/mol. The Morgan fingerprint density at radius 1 is 1.32 bits per heavy atom. The van der Waals surface area contributed by atoms with Crippen LogP contribution >= 0.6 is 11.3 Å². The van der Waals surface area contributed by atoms with E-state index in [1.807, 2.05) is 42.5 Å². The number of hydrogen-bond donors (Lipinski definition) is 1. The molecular formula is C20H24N2O2S. The minimum Gasteiger partial charge on any atom is -0.492 e. The number of rotatable bonds is 6.